The van der Waals surface area contributed by atoms with Crippen LogP contribution in [0.5, 0.6) is 0 Å². The molecule has 1 amide bonds. The van der Waals surface area contributed by atoms with Gasteiger partial charge in [-0.1, -0.05) is 0 Å². The summed E-state index contributed by atoms with van der Waals surface area (Å²) in [5, 5.41) is 11.2. The first kappa shape index (κ1) is 15.4. The monoisotopic (exact) mass is 313 g/mol. The Labute approximate surface area is 123 Å². The molecule has 1 atom stereocenters. The quantitative estimate of drug-likeness (QED) is 0.704. The minimum absolute atomic E-state index is 0.0824. The zero-order valence-corrected chi connectivity index (χ0v) is 12.6. The molecule has 1 aromatic rings. The number of amides is 1. The third kappa shape index (κ3) is 4.25. The SMILES string of the molecule is CS(=O)(=O)Cc1cc(N)ccc1N1CCC(NC(=O)O)C1. The number of hydrogen-bond donors (Lipinski definition) is 3. The first-order valence-corrected chi connectivity index (χ1v) is 8.61. The summed E-state index contributed by atoms with van der Waals surface area (Å²) < 4.78 is 23.1. The van der Waals surface area contributed by atoms with Crippen molar-refractivity contribution >= 4 is 27.3 Å². The molecule has 1 aromatic carbocycles. The summed E-state index contributed by atoms with van der Waals surface area (Å²) in [7, 11) is -3.17. The van der Waals surface area contributed by atoms with Crippen LogP contribution in [0.25, 0.3) is 0 Å². The summed E-state index contributed by atoms with van der Waals surface area (Å²) in [6, 6.07) is 5.03. The lowest BCUT2D eigenvalue weighted by molar-refractivity contribution is 0.191. The fourth-order valence-electron chi connectivity index (χ4n) is 2.58. The number of sulfone groups is 1. The van der Waals surface area contributed by atoms with Crippen LogP contribution >= 0.6 is 0 Å². The predicted octanol–water partition coefficient (Wildman–Crippen LogP) is 0.660. The summed E-state index contributed by atoms with van der Waals surface area (Å²) in [6.45, 7) is 1.19. The van der Waals surface area contributed by atoms with Crippen molar-refractivity contribution < 1.29 is 18.3 Å². The van der Waals surface area contributed by atoms with Gasteiger partial charge in [-0.25, -0.2) is 13.2 Å². The molecule has 0 saturated carbocycles. The predicted molar refractivity (Wildman–Crippen MR) is 81.2 cm³/mol. The number of rotatable bonds is 4. The number of nitrogen functional groups attached to an aromatic ring is 1. The second kappa shape index (κ2) is 5.80. The number of carboxylic acid groups (broad SMARTS) is 1. The minimum atomic E-state index is -3.17. The Morgan fingerprint density at radius 2 is 2.24 bits per heavy atom. The van der Waals surface area contributed by atoms with Gasteiger partial charge in [0.05, 0.1) is 11.8 Å². The van der Waals surface area contributed by atoms with E-state index in [1.165, 1.54) is 6.26 Å². The summed E-state index contributed by atoms with van der Waals surface area (Å²) in [5.41, 5.74) is 7.69. The topological polar surface area (TPSA) is 113 Å². The van der Waals surface area contributed by atoms with Crippen molar-refractivity contribution in [3.05, 3.63) is 23.8 Å². The molecule has 0 bridgehead atoms. The molecule has 1 aliphatic rings. The number of carbonyl (C=O) groups is 1. The molecule has 21 heavy (non-hydrogen) atoms. The van der Waals surface area contributed by atoms with E-state index in [0.29, 0.717) is 30.8 Å². The van der Waals surface area contributed by atoms with Gasteiger partial charge in [-0.2, -0.15) is 0 Å². The molecule has 8 heteroatoms. The van der Waals surface area contributed by atoms with Crippen molar-refractivity contribution in [1.29, 1.82) is 0 Å². The number of nitrogens with two attached hydrogens (primary N) is 1. The van der Waals surface area contributed by atoms with Gasteiger partial charge in [0.2, 0.25) is 0 Å². The van der Waals surface area contributed by atoms with E-state index in [-0.39, 0.29) is 11.8 Å². The summed E-state index contributed by atoms with van der Waals surface area (Å²) in [6.07, 6.45) is 0.823. The maximum absolute atomic E-state index is 11.5. The summed E-state index contributed by atoms with van der Waals surface area (Å²) >= 11 is 0. The van der Waals surface area contributed by atoms with Crippen molar-refractivity contribution in [2.45, 2.75) is 18.2 Å². The van der Waals surface area contributed by atoms with E-state index >= 15 is 0 Å². The fraction of sp³-hybridized carbons (Fsp3) is 0.462. The molecule has 1 unspecified atom stereocenters. The first-order valence-electron chi connectivity index (χ1n) is 6.55. The van der Waals surface area contributed by atoms with Crippen LogP contribution in [-0.2, 0) is 15.6 Å². The summed E-state index contributed by atoms with van der Waals surface area (Å²) in [5.74, 6) is -0.0824. The highest BCUT2D eigenvalue weighted by molar-refractivity contribution is 7.89. The van der Waals surface area contributed by atoms with E-state index < -0.39 is 15.9 Å². The van der Waals surface area contributed by atoms with Gasteiger partial charge in [0, 0.05) is 30.7 Å². The van der Waals surface area contributed by atoms with Crippen LogP contribution in [0.3, 0.4) is 0 Å². The average molecular weight is 313 g/mol. The smallest absolute Gasteiger partial charge is 0.404 e. The van der Waals surface area contributed by atoms with Crippen molar-refractivity contribution in [2.75, 3.05) is 30.0 Å². The number of nitrogens with zero attached hydrogens (tertiary/aromatic N) is 1. The molecule has 0 radical (unpaired) electrons. The second-order valence-corrected chi connectivity index (χ2v) is 7.48. The number of hydrogen-bond acceptors (Lipinski definition) is 5. The Bertz CT molecular complexity index is 645. The molecule has 0 spiro atoms. The third-order valence-electron chi connectivity index (χ3n) is 3.38. The minimum Gasteiger partial charge on any atom is -0.465 e. The molecular formula is C13H19N3O4S. The molecule has 0 aliphatic carbocycles. The number of nitrogens with one attached hydrogen (secondary N) is 1. The zero-order valence-electron chi connectivity index (χ0n) is 11.7. The lowest BCUT2D eigenvalue weighted by Gasteiger charge is -2.22. The molecule has 1 aliphatic heterocycles. The molecule has 1 saturated heterocycles. The average Bonchev–Trinajstić information content (AvgIpc) is 2.74. The normalized spacial score (nSPS) is 18.7. The maximum atomic E-state index is 11.5. The third-order valence-corrected chi connectivity index (χ3v) is 4.21. The van der Waals surface area contributed by atoms with Crippen LogP contribution in [0, 0.1) is 0 Å². The Morgan fingerprint density at radius 3 is 2.86 bits per heavy atom. The Morgan fingerprint density at radius 1 is 1.52 bits per heavy atom. The van der Waals surface area contributed by atoms with Gasteiger partial charge in [0.1, 0.15) is 0 Å². The van der Waals surface area contributed by atoms with Crippen molar-refractivity contribution in [1.82, 2.24) is 5.32 Å². The van der Waals surface area contributed by atoms with E-state index in [1.54, 1.807) is 18.2 Å². The van der Waals surface area contributed by atoms with Crippen LogP contribution in [0.15, 0.2) is 18.2 Å². The van der Waals surface area contributed by atoms with Crippen LogP contribution < -0.4 is 16.0 Å². The molecule has 1 heterocycles. The summed E-state index contributed by atoms with van der Waals surface area (Å²) in [4.78, 5) is 12.7. The van der Waals surface area contributed by atoms with E-state index in [1.807, 2.05) is 4.90 Å². The van der Waals surface area contributed by atoms with Crippen LogP contribution in [-0.4, -0.2) is 45.0 Å². The van der Waals surface area contributed by atoms with E-state index in [2.05, 4.69) is 5.32 Å². The van der Waals surface area contributed by atoms with Gasteiger partial charge < -0.3 is 21.1 Å². The van der Waals surface area contributed by atoms with Crippen molar-refractivity contribution in [3.63, 3.8) is 0 Å². The van der Waals surface area contributed by atoms with Crippen molar-refractivity contribution in [2.24, 2.45) is 0 Å². The first-order chi connectivity index (χ1) is 9.74. The lowest BCUT2D eigenvalue weighted by atomic mass is 10.1. The largest absolute Gasteiger partial charge is 0.465 e. The molecule has 116 valence electrons. The Balaban J connectivity index is 2.22. The standard InChI is InChI=1S/C13H19N3O4S/c1-21(19,20)8-9-6-10(14)2-3-12(9)16-5-4-11(7-16)15-13(17)18/h2-3,6,11,15H,4-5,7-8,14H2,1H3,(H,17,18). The van der Waals surface area contributed by atoms with Gasteiger partial charge in [-0.05, 0) is 30.2 Å². The zero-order chi connectivity index (χ0) is 15.6. The Kier molecular flexibility index (Phi) is 4.26. The van der Waals surface area contributed by atoms with Crippen LogP contribution in [0.4, 0.5) is 16.2 Å². The molecule has 2 rings (SSSR count). The van der Waals surface area contributed by atoms with E-state index in [0.717, 1.165) is 5.69 Å². The van der Waals surface area contributed by atoms with Crippen LogP contribution in [0.1, 0.15) is 12.0 Å². The highest BCUT2D eigenvalue weighted by Gasteiger charge is 2.26. The molecule has 7 nitrogen and oxygen atoms in total. The molecule has 4 N–H and O–H groups in total. The van der Waals surface area contributed by atoms with E-state index in [9.17, 15) is 13.2 Å². The van der Waals surface area contributed by atoms with Gasteiger partial charge in [0.25, 0.3) is 0 Å². The van der Waals surface area contributed by atoms with Gasteiger partial charge in [-0.3, -0.25) is 0 Å². The number of benzene rings is 1. The van der Waals surface area contributed by atoms with Crippen LogP contribution in [0.2, 0.25) is 0 Å². The lowest BCUT2D eigenvalue weighted by Crippen LogP contribution is -2.36. The molecule has 1 fully saturated rings. The van der Waals surface area contributed by atoms with E-state index in [4.69, 9.17) is 10.8 Å². The van der Waals surface area contributed by atoms with Gasteiger partial charge in [-0.15, -0.1) is 0 Å². The maximum Gasteiger partial charge on any atom is 0.404 e. The molecule has 0 aromatic heterocycles. The van der Waals surface area contributed by atoms with Gasteiger partial charge in [0.15, 0.2) is 9.84 Å². The Hall–Kier alpha value is -1.96. The number of anilines is 2. The second-order valence-electron chi connectivity index (χ2n) is 5.34. The van der Waals surface area contributed by atoms with Gasteiger partial charge >= 0.3 is 6.09 Å². The molecular weight excluding hydrogens is 294 g/mol. The fourth-order valence-corrected chi connectivity index (χ4v) is 3.38. The van der Waals surface area contributed by atoms with Crippen molar-refractivity contribution in [3.8, 4) is 0 Å². The highest BCUT2D eigenvalue weighted by Crippen LogP contribution is 2.28. The highest BCUT2D eigenvalue weighted by atomic mass is 32.2.